The second-order valence-electron chi connectivity index (χ2n) is 6.44. The summed E-state index contributed by atoms with van der Waals surface area (Å²) in [4.78, 5) is 37.2. The lowest BCUT2D eigenvalue weighted by molar-refractivity contribution is -0.156. The SMILES string of the molecule is CC[C@H](C(=O)c1ccc(Cl)cc1)[C@@H]1[C@H](C(=O)OC)C(=O)OC1(C)C. The summed E-state index contributed by atoms with van der Waals surface area (Å²) in [5.41, 5.74) is -0.441. The molecule has 0 bridgehead atoms. The molecular formula is C18H21ClO5. The van der Waals surface area contributed by atoms with Crippen LogP contribution in [0.4, 0.5) is 0 Å². The quantitative estimate of drug-likeness (QED) is 0.462. The molecule has 0 aromatic heterocycles. The van der Waals surface area contributed by atoms with E-state index >= 15 is 0 Å². The van der Waals surface area contributed by atoms with E-state index in [1.54, 1.807) is 38.1 Å². The summed E-state index contributed by atoms with van der Waals surface area (Å²) < 4.78 is 10.1. The van der Waals surface area contributed by atoms with Crippen LogP contribution in [0.15, 0.2) is 24.3 Å². The predicted octanol–water partition coefficient (Wildman–Crippen LogP) is 3.29. The molecular weight excluding hydrogens is 332 g/mol. The molecule has 2 rings (SSSR count). The van der Waals surface area contributed by atoms with Crippen LogP contribution >= 0.6 is 11.6 Å². The summed E-state index contributed by atoms with van der Waals surface area (Å²) in [6.07, 6.45) is 0.472. The highest BCUT2D eigenvalue weighted by molar-refractivity contribution is 6.30. The van der Waals surface area contributed by atoms with Gasteiger partial charge in [0.15, 0.2) is 11.7 Å². The summed E-state index contributed by atoms with van der Waals surface area (Å²) >= 11 is 5.87. The molecule has 1 aromatic rings. The van der Waals surface area contributed by atoms with Gasteiger partial charge in [0, 0.05) is 22.4 Å². The maximum absolute atomic E-state index is 13.0. The number of ether oxygens (including phenoxy) is 2. The number of carbonyl (C=O) groups excluding carboxylic acids is 3. The van der Waals surface area contributed by atoms with E-state index in [0.717, 1.165) is 0 Å². The zero-order valence-electron chi connectivity index (χ0n) is 14.2. The van der Waals surface area contributed by atoms with Crippen molar-refractivity contribution in [1.29, 1.82) is 0 Å². The number of halogens is 1. The van der Waals surface area contributed by atoms with Crippen molar-refractivity contribution in [3.05, 3.63) is 34.9 Å². The number of rotatable bonds is 5. The highest BCUT2D eigenvalue weighted by atomic mass is 35.5. The molecule has 1 heterocycles. The van der Waals surface area contributed by atoms with Crippen molar-refractivity contribution in [2.45, 2.75) is 32.8 Å². The summed E-state index contributed by atoms with van der Waals surface area (Å²) in [6.45, 7) is 5.29. The van der Waals surface area contributed by atoms with Crippen molar-refractivity contribution in [2.24, 2.45) is 17.8 Å². The standard InChI is InChI=1S/C18H21ClO5/c1-5-12(15(20)10-6-8-11(19)9-7-10)14-13(16(21)23-4)17(22)24-18(14,2)3/h6-9,12-14H,5H2,1-4H3/t12-,13+,14+/m0/s1. The number of benzene rings is 1. The number of cyclic esters (lactones) is 1. The van der Waals surface area contributed by atoms with Crippen LogP contribution in [0.25, 0.3) is 0 Å². The smallest absolute Gasteiger partial charge is 0.321 e. The maximum Gasteiger partial charge on any atom is 0.321 e. The van der Waals surface area contributed by atoms with Crippen LogP contribution < -0.4 is 0 Å². The van der Waals surface area contributed by atoms with E-state index in [1.807, 2.05) is 6.92 Å². The second-order valence-corrected chi connectivity index (χ2v) is 6.87. The normalized spacial score (nSPS) is 23.5. The molecule has 0 spiro atoms. The molecule has 1 fully saturated rings. The fourth-order valence-corrected chi connectivity index (χ4v) is 3.58. The summed E-state index contributed by atoms with van der Waals surface area (Å²) in [5, 5.41) is 0.534. The van der Waals surface area contributed by atoms with Gasteiger partial charge in [-0.25, -0.2) is 0 Å². The van der Waals surface area contributed by atoms with E-state index in [4.69, 9.17) is 21.1 Å². The number of Topliss-reactive ketones (excluding diaryl/α,β-unsaturated/α-hetero) is 1. The van der Waals surface area contributed by atoms with Crippen LogP contribution in [0.2, 0.25) is 5.02 Å². The average Bonchev–Trinajstić information content (AvgIpc) is 2.77. The lowest BCUT2D eigenvalue weighted by Gasteiger charge is -2.32. The molecule has 0 amide bonds. The Balaban J connectivity index is 2.42. The van der Waals surface area contributed by atoms with Gasteiger partial charge in [0.2, 0.25) is 0 Å². The zero-order chi connectivity index (χ0) is 18.1. The average molecular weight is 353 g/mol. The van der Waals surface area contributed by atoms with Gasteiger partial charge in [-0.2, -0.15) is 0 Å². The van der Waals surface area contributed by atoms with Gasteiger partial charge in [-0.1, -0.05) is 18.5 Å². The van der Waals surface area contributed by atoms with Crippen molar-refractivity contribution >= 4 is 29.3 Å². The van der Waals surface area contributed by atoms with Gasteiger partial charge in [0.1, 0.15) is 5.60 Å². The monoisotopic (exact) mass is 352 g/mol. The van der Waals surface area contributed by atoms with E-state index in [0.29, 0.717) is 17.0 Å². The topological polar surface area (TPSA) is 69.7 Å². The lowest BCUT2D eigenvalue weighted by atomic mass is 9.70. The molecule has 24 heavy (non-hydrogen) atoms. The number of hydrogen-bond acceptors (Lipinski definition) is 5. The summed E-state index contributed by atoms with van der Waals surface area (Å²) in [5.74, 6) is -3.68. The molecule has 0 saturated carbocycles. The molecule has 3 atom stereocenters. The molecule has 1 aromatic carbocycles. The number of esters is 2. The van der Waals surface area contributed by atoms with Gasteiger partial charge in [-0.15, -0.1) is 0 Å². The largest absolute Gasteiger partial charge is 0.468 e. The van der Waals surface area contributed by atoms with E-state index in [9.17, 15) is 14.4 Å². The van der Waals surface area contributed by atoms with Gasteiger partial charge in [-0.3, -0.25) is 14.4 Å². The molecule has 6 heteroatoms. The molecule has 0 radical (unpaired) electrons. The third kappa shape index (κ3) is 3.31. The molecule has 1 aliphatic rings. The van der Waals surface area contributed by atoms with Gasteiger partial charge in [0.25, 0.3) is 0 Å². The molecule has 0 aliphatic carbocycles. The maximum atomic E-state index is 13.0. The summed E-state index contributed by atoms with van der Waals surface area (Å²) in [7, 11) is 1.22. The van der Waals surface area contributed by atoms with Gasteiger partial charge >= 0.3 is 11.9 Å². The van der Waals surface area contributed by atoms with Crippen LogP contribution in [-0.4, -0.2) is 30.4 Å². The fourth-order valence-electron chi connectivity index (χ4n) is 3.46. The minimum Gasteiger partial charge on any atom is -0.468 e. The van der Waals surface area contributed by atoms with E-state index < -0.39 is 35.3 Å². The van der Waals surface area contributed by atoms with Gasteiger partial charge in [0.05, 0.1) is 7.11 Å². The Morgan fingerprint density at radius 3 is 2.38 bits per heavy atom. The molecule has 0 N–H and O–H groups in total. The molecule has 5 nitrogen and oxygen atoms in total. The van der Waals surface area contributed by atoms with Crippen molar-refractivity contribution in [3.8, 4) is 0 Å². The highest BCUT2D eigenvalue weighted by Crippen LogP contribution is 2.44. The first kappa shape index (κ1) is 18.5. The van der Waals surface area contributed by atoms with Gasteiger partial charge in [-0.05, 0) is 44.5 Å². The molecule has 1 aliphatic heterocycles. The molecule has 130 valence electrons. The Kier molecular flexibility index (Phi) is 5.33. The second kappa shape index (κ2) is 6.93. The Bertz CT molecular complexity index is 650. The predicted molar refractivity (Wildman–Crippen MR) is 88.7 cm³/mol. The van der Waals surface area contributed by atoms with Crippen LogP contribution in [0.1, 0.15) is 37.6 Å². The van der Waals surface area contributed by atoms with Crippen molar-refractivity contribution in [3.63, 3.8) is 0 Å². The first-order valence-corrected chi connectivity index (χ1v) is 8.21. The van der Waals surface area contributed by atoms with Crippen LogP contribution in [0.5, 0.6) is 0 Å². The number of ketones is 1. The van der Waals surface area contributed by atoms with Crippen LogP contribution in [0.3, 0.4) is 0 Å². The molecule has 1 saturated heterocycles. The first-order valence-electron chi connectivity index (χ1n) is 7.83. The van der Waals surface area contributed by atoms with Gasteiger partial charge < -0.3 is 9.47 Å². The Labute approximate surface area is 146 Å². The minimum atomic E-state index is -1.09. The number of hydrogen-bond donors (Lipinski definition) is 0. The van der Waals surface area contributed by atoms with Crippen molar-refractivity contribution < 1.29 is 23.9 Å². The number of methoxy groups -OCH3 is 1. The zero-order valence-corrected chi connectivity index (χ0v) is 14.9. The van der Waals surface area contributed by atoms with E-state index in [-0.39, 0.29) is 5.78 Å². The van der Waals surface area contributed by atoms with E-state index in [2.05, 4.69) is 0 Å². The van der Waals surface area contributed by atoms with Crippen LogP contribution in [0, 0.1) is 17.8 Å². The Morgan fingerprint density at radius 1 is 1.29 bits per heavy atom. The Morgan fingerprint density at radius 2 is 1.88 bits per heavy atom. The Hall–Kier alpha value is -1.88. The van der Waals surface area contributed by atoms with Crippen LogP contribution in [-0.2, 0) is 19.1 Å². The van der Waals surface area contributed by atoms with Crippen molar-refractivity contribution in [1.82, 2.24) is 0 Å². The highest BCUT2D eigenvalue weighted by Gasteiger charge is 2.57. The third-order valence-corrected chi connectivity index (χ3v) is 4.83. The summed E-state index contributed by atoms with van der Waals surface area (Å²) in [6, 6.07) is 6.57. The fraction of sp³-hybridized carbons (Fsp3) is 0.500. The lowest BCUT2D eigenvalue weighted by Crippen LogP contribution is -2.42. The van der Waals surface area contributed by atoms with Crippen molar-refractivity contribution in [2.75, 3.05) is 7.11 Å². The number of carbonyl (C=O) groups is 3. The minimum absolute atomic E-state index is 0.139. The van der Waals surface area contributed by atoms with E-state index in [1.165, 1.54) is 7.11 Å². The third-order valence-electron chi connectivity index (χ3n) is 4.57. The first-order chi connectivity index (χ1) is 11.2. The molecule has 0 unspecified atom stereocenters.